The summed E-state index contributed by atoms with van der Waals surface area (Å²) >= 11 is 0. The van der Waals surface area contributed by atoms with Gasteiger partial charge in [0.15, 0.2) is 0 Å². The Bertz CT molecular complexity index is 2360. The van der Waals surface area contributed by atoms with Crippen LogP contribution < -0.4 is 4.74 Å². The van der Waals surface area contributed by atoms with E-state index in [4.69, 9.17) is 14.9 Å². The van der Waals surface area contributed by atoms with Crippen LogP contribution >= 0.6 is 0 Å². The highest BCUT2D eigenvalue weighted by molar-refractivity contribution is 6.15. The van der Waals surface area contributed by atoms with Crippen molar-refractivity contribution in [3.05, 3.63) is 191 Å². The number of hydrogen-bond donors (Lipinski definition) is 2. The summed E-state index contributed by atoms with van der Waals surface area (Å²) in [6.45, 7) is 0. The molecule has 0 atom stereocenters. The predicted octanol–water partition coefficient (Wildman–Crippen LogP) is 10.3. The van der Waals surface area contributed by atoms with Crippen LogP contribution in [0, 0.1) is 10.8 Å². The molecule has 4 nitrogen and oxygen atoms in total. The molecule has 7 aromatic rings. The summed E-state index contributed by atoms with van der Waals surface area (Å²) in [4.78, 5) is 0. The van der Waals surface area contributed by atoms with E-state index in [-0.39, 0.29) is 11.8 Å². The molecule has 0 aromatic heterocycles. The van der Waals surface area contributed by atoms with Gasteiger partial charge in [-0.2, -0.15) is 0 Å². The first-order valence-electron chi connectivity index (χ1n) is 15.7. The van der Waals surface area contributed by atoms with Crippen LogP contribution in [-0.2, 0) is 10.2 Å². The molecule has 222 valence electrons. The molecule has 1 aliphatic carbocycles. The van der Waals surface area contributed by atoms with Crippen molar-refractivity contribution in [2.45, 2.75) is 5.41 Å². The maximum Gasteiger partial charge on any atom is 0.222 e. The highest BCUT2D eigenvalue weighted by Crippen LogP contribution is 2.62. The summed E-state index contributed by atoms with van der Waals surface area (Å²) in [5.74, 6) is 1.51. The Morgan fingerprint density at radius 1 is 0.489 bits per heavy atom. The number of para-hydroxylation sites is 1. The minimum Gasteiger partial charge on any atom is -0.457 e. The molecule has 4 heteroatoms. The number of hydrogen-bond acceptors (Lipinski definition) is 4. The number of ether oxygens (including phenoxy) is 2. The van der Waals surface area contributed by atoms with Crippen LogP contribution in [0.5, 0.6) is 11.5 Å². The van der Waals surface area contributed by atoms with E-state index in [1.54, 1.807) is 0 Å². The summed E-state index contributed by atoms with van der Waals surface area (Å²) in [7, 11) is 0. The van der Waals surface area contributed by atoms with E-state index in [0.29, 0.717) is 11.1 Å². The average Bonchev–Trinajstić information content (AvgIpc) is 3.42. The molecule has 0 bridgehead atoms. The molecule has 2 N–H and O–H groups in total. The fourth-order valence-corrected chi connectivity index (χ4v) is 7.58. The van der Waals surface area contributed by atoms with Crippen LogP contribution in [0.3, 0.4) is 0 Å². The molecule has 1 spiro atoms. The van der Waals surface area contributed by atoms with Crippen molar-refractivity contribution in [2.75, 3.05) is 0 Å². The molecule has 7 aromatic carbocycles. The average molecular weight is 605 g/mol. The van der Waals surface area contributed by atoms with Crippen molar-refractivity contribution in [2.24, 2.45) is 0 Å². The zero-order valence-corrected chi connectivity index (χ0v) is 25.3. The summed E-state index contributed by atoms with van der Waals surface area (Å²) < 4.78 is 12.6. The van der Waals surface area contributed by atoms with Crippen molar-refractivity contribution in [1.82, 2.24) is 0 Å². The first kappa shape index (κ1) is 27.1. The van der Waals surface area contributed by atoms with Gasteiger partial charge in [0.25, 0.3) is 0 Å². The molecule has 1 heterocycles. The molecule has 0 fully saturated rings. The van der Waals surface area contributed by atoms with Gasteiger partial charge < -0.3 is 9.47 Å². The van der Waals surface area contributed by atoms with Gasteiger partial charge in [-0.15, -0.1) is 0 Å². The Labute approximate surface area is 272 Å². The summed E-state index contributed by atoms with van der Waals surface area (Å²) in [5, 5.41) is 19.8. The number of benzene rings is 7. The summed E-state index contributed by atoms with van der Waals surface area (Å²) in [5.41, 5.74) is 9.50. The fraction of sp³-hybridized carbons (Fsp3) is 0.0233. The lowest BCUT2D eigenvalue weighted by atomic mass is 9.65. The molecule has 0 radical (unpaired) electrons. The van der Waals surface area contributed by atoms with Gasteiger partial charge in [-0.3, -0.25) is 10.8 Å². The van der Waals surface area contributed by atoms with E-state index in [1.807, 2.05) is 60.7 Å². The quantitative estimate of drug-likeness (QED) is 0.156. The molecular formula is C43H28N2O2. The van der Waals surface area contributed by atoms with E-state index in [1.165, 1.54) is 22.3 Å². The van der Waals surface area contributed by atoms with Gasteiger partial charge in [-0.25, -0.2) is 0 Å². The molecule has 0 amide bonds. The Balaban J connectivity index is 1.28. The molecule has 47 heavy (non-hydrogen) atoms. The molecule has 0 saturated heterocycles. The molecular weight excluding hydrogens is 576 g/mol. The van der Waals surface area contributed by atoms with E-state index < -0.39 is 5.41 Å². The third-order valence-electron chi connectivity index (χ3n) is 9.55. The van der Waals surface area contributed by atoms with Gasteiger partial charge in [0, 0.05) is 16.7 Å². The molecule has 0 unspecified atom stereocenters. The monoisotopic (exact) mass is 604 g/mol. The Morgan fingerprint density at radius 2 is 1.11 bits per heavy atom. The number of nitrogens with one attached hydrogen (secondary N) is 2. The second kappa shape index (κ2) is 10.4. The standard InChI is InChI=1S/C43H28N2O2/c44-41(28-13-2-1-3-14-28)47-42(45)40-30-15-5-4-12-27(30)22-24-31(40)29-23-25-39-37(26-29)43(36-20-10-11-21-38(36)46-39)34-18-8-6-16-32(34)33-17-7-9-19-35(33)43/h1-26,44-45H. The zero-order valence-electron chi connectivity index (χ0n) is 25.3. The van der Waals surface area contributed by atoms with Crippen LogP contribution in [0.4, 0.5) is 0 Å². The first-order chi connectivity index (χ1) is 23.1. The van der Waals surface area contributed by atoms with Crippen molar-refractivity contribution < 1.29 is 9.47 Å². The van der Waals surface area contributed by atoms with Gasteiger partial charge >= 0.3 is 0 Å². The molecule has 0 saturated carbocycles. The minimum atomic E-state index is -0.593. The topological polar surface area (TPSA) is 66.2 Å². The summed E-state index contributed by atoms with van der Waals surface area (Å²) in [6, 6.07) is 53.5. The van der Waals surface area contributed by atoms with E-state index in [0.717, 1.165) is 44.5 Å². The number of fused-ring (bicyclic) bond motifs is 10. The maximum absolute atomic E-state index is 9.23. The fourth-order valence-electron chi connectivity index (χ4n) is 7.58. The first-order valence-corrected chi connectivity index (χ1v) is 15.7. The zero-order chi connectivity index (χ0) is 31.5. The van der Waals surface area contributed by atoms with Gasteiger partial charge in [0.2, 0.25) is 11.8 Å². The SMILES string of the molecule is N=C(OC(=N)c1c(-c2ccc3c(c2)C2(c4ccccc4O3)c3ccccc3-c3ccccc32)ccc2ccccc12)c1ccccc1. The van der Waals surface area contributed by atoms with Crippen molar-refractivity contribution >= 4 is 22.6 Å². The molecule has 1 aliphatic heterocycles. The second-order valence-corrected chi connectivity index (χ2v) is 12.0. The predicted molar refractivity (Wildman–Crippen MR) is 188 cm³/mol. The van der Waals surface area contributed by atoms with E-state index >= 15 is 0 Å². The van der Waals surface area contributed by atoms with Gasteiger partial charge in [0.1, 0.15) is 11.5 Å². The van der Waals surface area contributed by atoms with Crippen molar-refractivity contribution in [3.8, 4) is 33.8 Å². The highest BCUT2D eigenvalue weighted by atomic mass is 16.5. The van der Waals surface area contributed by atoms with Crippen LogP contribution in [0.2, 0.25) is 0 Å². The largest absolute Gasteiger partial charge is 0.457 e. The van der Waals surface area contributed by atoms with Gasteiger partial charge in [-0.05, 0) is 74.5 Å². The second-order valence-electron chi connectivity index (χ2n) is 12.0. The Hall–Kier alpha value is -6.26. The normalized spacial score (nSPS) is 13.2. The van der Waals surface area contributed by atoms with Gasteiger partial charge in [0.05, 0.1) is 11.0 Å². The van der Waals surface area contributed by atoms with Crippen LogP contribution in [0.1, 0.15) is 33.4 Å². The van der Waals surface area contributed by atoms with E-state index in [9.17, 15) is 5.41 Å². The smallest absolute Gasteiger partial charge is 0.222 e. The molecule has 2 aliphatic rings. The van der Waals surface area contributed by atoms with Crippen LogP contribution in [-0.4, -0.2) is 11.8 Å². The third-order valence-corrected chi connectivity index (χ3v) is 9.55. The van der Waals surface area contributed by atoms with Crippen LogP contribution in [0.25, 0.3) is 33.0 Å². The molecule has 9 rings (SSSR count). The minimum absolute atomic E-state index is 0.0666. The summed E-state index contributed by atoms with van der Waals surface area (Å²) in [6.07, 6.45) is 0. The van der Waals surface area contributed by atoms with Crippen molar-refractivity contribution in [1.29, 1.82) is 10.8 Å². The van der Waals surface area contributed by atoms with Crippen LogP contribution in [0.15, 0.2) is 158 Å². The lowest BCUT2D eigenvalue weighted by Crippen LogP contribution is -2.32. The van der Waals surface area contributed by atoms with Crippen molar-refractivity contribution in [3.63, 3.8) is 0 Å². The Morgan fingerprint density at radius 3 is 1.87 bits per heavy atom. The Kier molecular flexibility index (Phi) is 5.99. The lowest BCUT2D eigenvalue weighted by Gasteiger charge is -2.39. The highest BCUT2D eigenvalue weighted by Gasteiger charge is 2.51. The third kappa shape index (κ3) is 3.95. The number of rotatable bonds is 3. The van der Waals surface area contributed by atoms with E-state index in [2.05, 4.69) is 97.1 Å². The lowest BCUT2D eigenvalue weighted by molar-refractivity contribution is 0.436. The maximum atomic E-state index is 9.23. The van der Waals surface area contributed by atoms with Gasteiger partial charge in [-0.1, -0.05) is 127 Å².